The van der Waals surface area contributed by atoms with Gasteiger partial charge in [-0.25, -0.2) is 0 Å². The number of carbonyl (C=O) groups is 1. The average Bonchev–Trinajstić information content (AvgIpc) is 2.70. The van der Waals surface area contributed by atoms with Gasteiger partial charge in [0, 0.05) is 4.43 Å². The van der Waals surface area contributed by atoms with Crippen molar-refractivity contribution in [2.24, 2.45) is 5.92 Å². The van der Waals surface area contributed by atoms with E-state index in [9.17, 15) is 4.79 Å². The maximum Gasteiger partial charge on any atom is 0.308 e. The molecule has 0 N–H and O–H groups in total. The van der Waals surface area contributed by atoms with E-state index in [2.05, 4.69) is 29.5 Å². The molecule has 0 saturated carbocycles. The molecule has 0 aliphatic carbocycles. The molecule has 0 amide bonds. The zero-order valence-electron chi connectivity index (χ0n) is 17.6. The topological polar surface area (TPSA) is 72.5 Å². The van der Waals surface area contributed by atoms with E-state index in [0.717, 1.165) is 36.7 Å². The van der Waals surface area contributed by atoms with Gasteiger partial charge in [-0.3, -0.25) is 4.79 Å². The predicted octanol–water partition coefficient (Wildman–Crippen LogP) is 3.26. The Labute approximate surface area is 184 Å². The highest BCUT2D eigenvalue weighted by Gasteiger charge is 2.16. The molecule has 0 fully saturated rings. The van der Waals surface area contributed by atoms with Crippen molar-refractivity contribution in [3.63, 3.8) is 0 Å². The number of alkyl halides is 1. The summed E-state index contributed by atoms with van der Waals surface area (Å²) in [6.07, 6.45) is 3.89. The summed E-state index contributed by atoms with van der Waals surface area (Å²) in [5, 5.41) is 0. The summed E-state index contributed by atoms with van der Waals surface area (Å²) >= 11 is 2.27. The molecule has 0 bridgehead atoms. The Bertz CT molecular complexity index is 332. The third-order valence-electron chi connectivity index (χ3n) is 3.91. The lowest BCUT2D eigenvalue weighted by atomic mass is 10.00. The molecule has 28 heavy (non-hydrogen) atoms. The van der Waals surface area contributed by atoms with Crippen LogP contribution in [-0.4, -0.2) is 83.1 Å². The number of halogens is 1. The van der Waals surface area contributed by atoms with Gasteiger partial charge in [-0.2, -0.15) is 0 Å². The first kappa shape index (κ1) is 28.0. The van der Waals surface area contributed by atoms with Crippen LogP contribution in [0.15, 0.2) is 0 Å². The summed E-state index contributed by atoms with van der Waals surface area (Å²) in [7, 11) is 0. The molecular formula is C20H39IO7. The summed E-state index contributed by atoms with van der Waals surface area (Å²) < 4.78 is 33.2. The standard InChI is InChI=1S/C20H39IO7/c1-3-5-6-19(4-2)20(22)28-18-17-27-16-15-26-14-13-25-12-11-24-10-9-23-8-7-21/h19H,3-18H2,1-2H3. The van der Waals surface area contributed by atoms with Crippen LogP contribution in [0.2, 0.25) is 0 Å². The van der Waals surface area contributed by atoms with Crippen LogP contribution in [0.25, 0.3) is 0 Å². The molecular weight excluding hydrogens is 479 g/mol. The third kappa shape index (κ3) is 19.3. The molecule has 8 heteroatoms. The molecule has 0 aromatic rings. The minimum atomic E-state index is -0.106. The Kier molecular flexibility index (Phi) is 23.3. The fourth-order valence-electron chi connectivity index (χ4n) is 2.29. The first-order valence-corrected chi connectivity index (χ1v) is 11.9. The fraction of sp³-hybridized carbons (Fsp3) is 0.950. The lowest BCUT2D eigenvalue weighted by Crippen LogP contribution is -2.20. The highest BCUT2D eigenvalue weighted by molar-refractivity contribution is 14.1. The van der Waals surface area contributed by atoms with Gasteiger partial charge in [-0.05, 0) is 12.8 Å². The summed E-state index contributed by atoms with van der Waals surface area (Å²) in [5.74, 6) is -0.0899. The zero-order chi connectivity index (χ0) is 20.7. The van der Waals surface area contributed by atoms with Crippen molar-refractivity contribution in [1.82, 2.24) is 0 Å². The maximum atomic E-state index is 11.9. The molecule has 0 aliphatic heterocycles. The van der Waals surface area contributed by atoms with Crippen molar-refractivity contribution >= 4 is 28.6 Å². The molecule has 0 saturated heterocycles. The summed E-state index contributed by atoms with van der Waals surface area (Å²) in [5.41, 5.74) is 0. The van der Waals surface area contributed by atoms with E-state index in [-0.39, 0.29) is 11.9 Å². The van der Waals surface area contributed by atoms with Crippen LogP contribution in [-0.2, 0) is 33.2 Å². The minimum absolute atomic E-state index is 0.0165. The third-order valence-corrected chi connectivity index (χ3v) is 4.35. The van der Waals surface area contributed by atoms with Crippen LogP contribution in [0.4, 0.5) is 0 Å². The minimum Gasteiger partial charge on any atom is -0.463 e. The van der Waals surface area contributed by atoms with Gasteiger partial charge in [-0.15, -0.1) is 0 Å². The van der Waals surface area contributed by atoms with Gasteiger partial charge in [0.1, 0.15) is 6.61 Å². The van der Waals surface area contributed by atoms with E-state index in [4.69, 9.17) is 28.4 Å². The molecule has 0 aliphatic rings. The first-order valence-electron chi connectivity index (χ1n) is 10.4. The van der Waals surface area contributed by atoms with Crippen molar-refractivity contribution in [1.29, 1.82) is 0 Å². The quantitative estimate of drug-likeness (QED) is 0.0943. The van der Waals surface area contributed by atoms with Crippen LogP contribution >= 0.6 is 22.6 Å². The number of carbonyl (C=O) groups excluding carboxylic acids is 1. The number of esters is 1. The molecule has 7 nitrogen and oxygen atoms in total. The molecule has 0 aromatic carbocycles. The number of hydrogen-bond acceptors (Lipinski definition) is 7. The smallest absolute Gasteiger partial charge is 0.308 e. The Balaban J connectivity index is 3.24. The van der Waals surface area contributed by atoms with E-state index >= 15 is 0 Å². The summed E-state index contributed by atoms with van der Waals surface area (Å²) in [6.45, 7) is 9.98. The van der Waals surface area contributed by atoms with Crippen molar-refractivity contribution in [3.05, 3.63) is 0 Å². The highest BCUT2D eigenvalue weighted by Crippen LogP contribution is 2.14. The monoisotopic (exact) mass is 518 g/mol. The number of ether oxygens (including phenoxy) is 6. The van der Waals surface area contributed by atoms with E-state index < -0.39 is 0 Å². The molecule has 1 atom stereocenters. The highest BCUT2D eigenvalue weighted by atomic mass is 127. The van der Waals surface area contributed by atoms with Gasteiger partial charge in [0.25, 0.3) is 0 Å². The molecule has 0 rings (SSSR count). The Hall–Kier alpha value is -0.000000000000000222. The van der Waals surface area contributed by atoms with Crippen LogP contribution in [0.1, 0.15) is 39.5 Å². The normalized spacial score (nSPS) is 12.2. The van der Waals surface area contributed by atoms with E-state index in [1.165, 1.54) is 0 Å². The van der Waals surface area contributed by atoms with E-state index in [1.54, 1.807) is 0 Å². The molecule has 0 spiro atoms. The van der Waals surface area contributed by atoms with Crippen LogP contribution in [0, 0.1) is 5.92 Å². The second kappa shape index (κ2) is 23.3. The van der Waals surface area contributed by atoms with Crippen molar-refractivity contribution in [2.75, 3.05) is 77.1 Å². The van der Waals surface area contributed by atoms with Gasteiger partial charge in [0.2, 0.25) is 0 Å². The van der Waals surface area contributed by atoms with Gasteiger partial charge in [0.15, 0.2) is 0 Å². The van der Waals surface area contributed by atoms with E-state index in [0.29, 0.717) is 66.1 Å². The predicted molar refractivity (Wildman–Crippen MR) is 117 cm³/mol. The second-order valence-corrected chi connectivity index (χ2v) is 7.24. The van der Waals surface area contributed by atoms with E-state index in [1.807, 2.05) is 6.92 Å². The molecule has 168 valence electrons. The second-order valence-electron chi connectivity index (χ2n) is 6.17. The lowest BCUT2D eigenvalue weighted by molar-refractivity contribution is -0.150. The fourth-order valence-corrected chi connectivity index (χ4v) is 2.61. The largest absolute Gasteiger partial charge is 0.463 e. The van der Waals surface area contributed by atoms with Gasteiger partial charge in [0.05, 0.1) is 72.0 Å². The zero-order valence-corrected chi connectivity index (χ0v) is 19.8. The Morgan fingerprint density at radius 2 is 1.14 bits per heavy atom. The Morgan fingerprint density at radius 1 is 0.714 bits per heavy atom. The first-order chi connectivity index (χ1) is 13.8. The van der Waals surface area contributed by atoms with Crippen LogP contribution in [0.5, 0.6) is 0 Å². The van der Waals surface area contributed by atoms with Gasteiger partial charge < -0.3 is 28.4 Å². The molecule has 0 heterocycles. The van der Waals surface area contributed by atoms with Gasteiger partial charge >= 0.3 is 5.97 Å². The van der Waals surface area contributed by atoms with Crippen molar-refractivity contribution in [3.8, 4) is 0 Å². The summed E-state index contributed by atoms with van der Waals surface area (Å²) in [4.78, 5) is 11.9. The summed E-state index contributed by atoms with van der Waals surface area (Å²) in [6, 6.07) is 0. The molecule has 1 unspecified atom stereocenters. The van der Waals surface area contributed by atoms with Gasteiger partial charge in [-0.1, -0.05) is 49.3 Å². The lowest BCUT2D eigenvalue weighted by Gasteiger charge is -2.13. The number of hydrogen-bond donors (Lipinski definition) is 0. The van der Waals surface area contributed by atoms with Crippen molar-refractivity contribution in [2.45, 2.75) is 39.5 Å². The maximum absolute atomic E-state index is 11.9. The van der Waals surface area contributed by atoms with Crippen LogP contribution in [0.3, 0.4) is 0 Å². The SMILES string of the molecule is CCCCC(CC)C(=O)OCCOCCOCCOCCOCCOCCI. The average molecular weight is 518 g/mol. The van der Waals surface area contributed by atoms with Crippen LogP contribution < -0.4 is 0 Å². The Morgan fingerprint density at radius 3 is 1.54 bits per heavy atom. The molecule has 0 aromatic heterocycles. The number of unbranched alkanes of at least 4 members (excludes halogenated alkanes) is 1. The van der Waals surface area contributed by atoms with Crippen molar-refractivity contribution < 1.29 is 33.2 Å². The molecule has 0 radical (unpaired) electrons. The number of rotatable bonds is 22.